The van der Waals surface area contributed by atoms with Crippen LogP contribution in [0.4, 0.5) is 4.79 Å². The van der Waals surface area contributed by atoms with Gasteiger partial charge in [0, 0.05) is 5.70 Å². The lowest BCUT2D eigenvalue weighted by Gasteiger charge is -2.28. The molecule has 3 amide bonds. The molecule has 19 heavy (non-hydrogen) atoms. The van der Waals surface area contributed by atoms with Crippen LogP contribution in [0.5, 0.6) is 0 Å². The van der Waals surface area contributed by atoms with E-state index in [-0.39, 0.29) is 10.6 Å². The normalized spacial score (nSPS) is 18.9. The maximum atomic E-state index is 11.5. The highest BCUT2D eigenvalue weighted by Gasteiger charge is 2.31. The number of carbonyl (C=O) groups excluding carboxylic acids is 2. The van der Waals surface area contributed by atoms with Gasteiger partial charge in [-0.05, 0) is 18.6 Å². The molecular weight excluding hydrogens is 289 g/mol. The summed E-state index contributed by atoms with van der Waals surface area (Å²) < 4.78 is 0. The van der Waals surface area contributed by atoms with Gasteiger partial charge < -0.3 is 16.4 Å². The van der Waals surface area contributed by atoms with Gasteiger partial charge in [0.15, 0.2) is 0 Å². The van der Waals surface area contributed by atoms with E-state index in [0.29, 0.717) is 16.3 Å². The molecule has 1 heterocycles. The average molecular weight is 300 g/mol. The van der Waals surface area contributed by atoms with Crippen molar-refractivity contribution in [2.75, 3.05) is 0 Å². The molecule has 100 valence electrons. The minimum absolute atomic E-state index is 0.253. The molecule has 0 bridgehead atoms. The smallest absolute Gasteiger partial charge is 0.319 e. The number of rotatable bonds is 2. The number of hydrogen-bond donors (Lipinski definition) is 3. The van der Waals surface area contributed by atoms with Gasteiger partial charge in [0.2, 0.25) is 5.91 Å². The number of allylic oxidation sites excluding steroid dienone is 1. The van der Waals surface area contributed by atoms with E-state index in [2.05, 4.69) is 10.6 Å². The number of benzene rings is 1. The Labute approximate surface area is 119 Å². The van der Waals surface area contributed by atoms with E-state index in [1.807, 2.05) is 0 Å². The first kappa shape index (κ1) is 13.7. The fraction of sp³-hybridized carbons (Fsp3) is 0.167. The summed E-state index contributed by atoms with van der Waals surface area (Å²) in [5.41, 5.74) is 6.53. The van der Waals surface area contributed by atoms with E-state index in [0.717, 1.165) is 0 Å². The van der Waals surface area contributed by atoms with Crippen LogP contribution in [0, 0.1) is 0 Å². The summed E-state index contributed by atoms with van der Waals surface area (Å²) in [5, 5.41) is 5.73. The number of urea groups is 1. The van der Waals surface area contributed by atoms with Crippen molar-refractivity contribution >= 4 is 35.1 Å². The Kier molecular flexibility index (Phi) is 3.68. The molecule has 0 radical (unpaired) electrons. The molecule has 5 nitrogen and oxygen atoms in total. The Morgan fingerprint density at radius 3 is 2.68 bits per heavy atom. The van der Waals surface area contributed by atoms with Crippen LogP contribution < -0.4 is 16.4 Å². The van der Waals surface area contributed by atoms with Crippen LogP contribution in [0.2, 0.25) is 10.0 Å². The highest BCUT2D eigenvalue weighted by molar-refractivity contribution is 6.42. The molecule has 1 aromatic rings. The van der Waals surface area contributed by atoms with Gasteiger partial charge in [-0.25, -0.2) is 4.79 Å². The lowest BCUT2D eigenvalue weighted by molar-refractivity contribution is -0.115. The van der Waals surface area contributed by atoms with Gasteiger partial charge in [-0.15, -0.1) is 0 Å². The number of hydrogen-bond acceptors (Lipinski definition) is 2. The van der Waals surface area contributed by atoms with E-state index in [9.17, 15) is 9.59 Å². The summed E-state index contributed by atoms with van der Waals surface area (Å²) in [6.45, 7) is 1.60. The molecule has 0 saturated heterocycles. The van der Waals surface area contributed by atoms with Gasteiger partial charge in [-0.3, -0.25) is 4.79 Å². The second-order valence-electron chi connectivity index (χ2n) is 4.08. The third-order valence-electron chi connectivity index (χ3n) is 2.83. The minimum atomic E-state index is -0.711. The van der Waals surface area contributed by atoms with Crippen molar-refractivity contribution in [1.82, 2.24) is 10.6 Å². The van der Waals surface area contributed by atoms with Gasteiger partial charge >= 0.3 is 6.03 Å². The third-order valence-corrected chi connectivity index (χ3v) is 3.66. The van der Waals surface area contributed by atoms with Gasteiger partial charge in [0.25, 0.3) is 0 Å². The Hall–Kier alpha value is -1.72. The maximum Gasteiger partial charge on any atom is 0.319 e. The molecule has 2 rings (SSSR count). The molecule has 7 heteroatoms. The fourth-order valence-corrected chi connectivity index (χ4v) is 2.41. The first-order chi connectivity index (χ1) is 8.91. The Morgan fingerprint density at radius 2 is 2.05 bits per heavy atom. The Balaban J connectivity index is 2.58. The number of nitrogens with one attached hydrogen (secondary N) is 2. The predicted octanol–water partition coefficient (Wildman–Crippen LogP) is 2.11. The van der Waals surface area contributed by atoms with Crippen molar-refractivity contribution in [3.8, 4) is 0 Å². The summed E-state index contributed by atoms with van der Waals surface area (Å²) in [6.07, 6.45) is 0. The molecule has 1 unspecified atom stereocenters. The zero-order chi connectivity index (χ0) is 14.2. The standard InChI is InChI=1S/C12H11Cl2N3O2/c1-5-8(11(15)18)10(17-12(19)16-5)6-3-2-4-7(13)9(6)14/h2-4,10H,1H3,(H2,15,18)(H2,16,17,19). The minimum Gasteiger partial charge on any atom is -0.366 e. The molecule has 1 aliphatic heterocycles. The number of primary amides is 1. The molecule has 0 aromatic heterocycles. The molecule has 1 aliphatic rings. The Bertz CT molecular complexity index is 599. The topological polar surface area (TPSA) is 84.2 Å². The zero-order valence-electron chi connectivity index (χ0n) is 9.96. The first-order valence-corrected chi connectivity index (χ1v) is 6.19. The van der Waals surface area contributed by atoms with Crippen molar-refractivity contribution in [3.63, 3.8) is 0 Å². The number of nitrogens with two attached hydrogens (primary N) is 1. The molecule has 0 aliphatic carbocycles. The van der Waals surface area contributed by atoms with Crippen molar-refractivity contribution < 1.29 is 9.59 Å². The predicted molar refractivity (Wildman–Crippen MR) is 72.8 cm³/mol. The third kappa shape index (κ3) is 2.52. The van der Waals surface area contributed by atoms with Crippen LogP contribution in [-0.4, -0.2) is 11.9 Å². The van der Waals surface area contributed by atoms with Crippen LogP contribution >= 0.6 is 23.2 Å². The quantitative estimate of drug-likeness (QED) is 0.781. The van der Waals surface area contributed by atoms with Gasteiger partial charge in [-0.2, -0.15) is 0 Å². The number of halogens is 2. The second kappa shape index (κ2) is 5.11. The first-order valence-electron chi connectivity index (χ1n) is 5.43. The molecule has 0 spiro atoms. The summed E-state index contributed by atoms with van der Waals surface area (Å²) in [4.78, 5) is 23.1. The van der Waals surface area contributed by atoms with Gasteiger partial charge in [0.05, 0.1) is 21.7 Å². The largest absolute Gasteiger partial charge is 0.366 e. The van der Waals surface area contributed by atoms with Crippen LogP contribution in [-0.2, 0) is 4.79 Å². The molecule has 1 atom stereocenters. The van der Waals surface area contributed by atoms with Gasteiger partial charge in [-0.1, -0.05) is 35.3 Å². The van der Waals surface area contributed by atoms with E-state index in [1.54, 1.807) is 25.1 Å². The van der Waals surface area contributed by atoms with E-state index < -0.39 is 18.0 Å². The lowest BCUT2D eigenvalue weighted by atomic mass is 9.95. The molecule has 0 fully saturated rings. The SMILES string of the molecule is CC1=C(C(N)=O)C(c2cccc(Cl)c2Cl)NC(=O)N1. The fourth-order valence-electron chi connectivity index (χ4n) is 2.00. The van der Waals surface area contributed by atoms with Crippen LogP contribution in [0.15, 0.2) is 29.5 Å². The summed E-state index contributed by atoms with van der Waals surface area (Å²) >= 11 is 12.1. The molecule has 1 aromatic carbocycles. The lowest BCUT2D eigenvalue weighted by Crippen LogP contribution is -2.46. The van der Waals surface area contributed by atoms with Crippen LogP contribution in [0.3, 0.4) is 0 Å². The summed E-state index contributed by atoms with van der Waals surface area (Å²) in [5.74, 6) is -0.633. The van der Waals surface area contributed by atoms with Crippen molar-refractivity contribution in [2.24, 2.45) is 5.73 Å². The molecular formula is C12H11Cl2N3O2. The Morgan fingerprint density at radius 1 is 1.37 bits per heavy atom. The van der Waals surface area contributed by atoms with Crippen LogP contribution in [0.1, 0.15) is 18.5 Å². The van der Waals surface area contributed by atoms with E-state index in [4.69, 9.17) is 28.9 Å². The summed E-state index contributed by atoms with van der Waals surface area (Å²) in [6, 6.07) is 3.85. The number of amides is 3. The molecule has 4 N–H and O–H groups in total. The summed E-state index contributed by atoms with van der Waals surface area (Å²) in [7, 11) is 0. The number of carbonyl (C=O) groups is 2. The second-order valence-corrected chi connectivity index (χ2v) is 4.86. The van der Waals surface area contributed by atoms with Crippen LogP contribution in [0.25, 0.3) is 0 Å². The average Bonchev–Trinajstić information content (AvgIpc) is 2.31. The van der Waals surface area contributed by atoms with Gasteiger partial charge in [0.1, 0.15) is 0 Å². The monoisotopic (exact) mass is 299 g/mol. The van der Waals surface area contributed by atoms with E-state index in [1.165, 1.54) is 0 Å². The maximum absolute atomic E-state index is 11.5. The highest BCUT2D eigenvalue weighted by Crippen LogP contribution is 2.34. The zero-order valence-corrected chi connectivity index (χ0v) is 11.5. The molecule has 0 saturated carbocycles. The van der Waals surface area contributed by atoms with Crippen molar-refractivity contribution in [3.05, 3.63) is 45.1 Å². The van der Waals surface area contributed by atoms with E-state index >= 15 is 0 Å². The van der Waals surface area contributed by atoms with Crippen molar-refractivity contribution in [2.45, 2.75) is 13.0 Å². The highest BCUT2D eigenvalue weighted by atomic mass is 35.5. The van der Waals surface area contributed by atoms with Crippen molar-refractivity contribution in [1.29, 1.82) is 0 Å².